The van der Waals surface area contributed by atoms with Crippen LogP contribution in [-0.4, -0.2) is 221 Å². The Morgan fingerprint density at radius 2 is 0.319 bits per heavy atom. The van der Waals surface area contributed by atoms with Gasteiger partial charge in [-0.15, -0.1) is 0 Å². The third-order valence-corrected chi connectivity index (χ3v) is 2.26. The van der Waals surface area contributed by atoms with Gasteiger partial charge in [0.1, 0.15) is 0 Å². The Bertz CT molecular complexity index is 196. The molecule has 0 unspecified atom stereocenters. The lowest BCUT2D eigenvalue weighted by Crippen LogP contribution is -2.08. The van der Waals surface area contributed by atoms with Crippen molar-refractivity contribution in [3.8, 4) is 0 Å². The van der Waals surface area contributed by atoms with E-state index in [9.17, 15) is 0 Å². The molecule has 0 bridgehead atoms. The van der Waals surface area contributed by atoms with Crippen molar-refractivity contribution in [1.29, 1.82) is 0 Å². The summed E-state index contributed by atoms with van der Waals surface area (Å²) in [5.74, 6) is 0. The second-order valence-electron chi connectivity index (χ2n) is 4.44. The summed E-state index contributed by atoms with van der Waals surface area (Å²) in [7, 11) is 9.23. The van der Waals surface area contributed by atoms with Crippen molar-refractivity contribution in [1.82, 2.24) is 0 Å². The van der Waals surface area contributed by atoms with Crippen LogP contribution in [0.4, 0.5) is 0 Å². The smallest absolute Gasteiger partial charge is 0.0544 e. The molecule has 32 nitrogen and oxygen atoms in total. The lowest BCUT2D eigenvalue weighted by Gasteiger charge is -2.08. The number of hydrogen-bond donors (Lipinski definition) is 2. The van der Waals surface area contributed by atoms with E-state index in [1.54, 1.807) is 35.5 Å². The maximum Gasteiger partial charge on any atom is 0.0544 e. The zero-order chi connectivity index (χ0) is 23.5. The fourth-order valence-corrected chi connectivity index (χ4v) is 0.634. The van der Waals surface area contributed by atoms with Crippen molar-refractivity contribution < 1.29 is 172 Å². The Morgan fingerprint density at radius 3 is 0.363 bits per heavy atom. The summed E-state index contributed by atoms with van der Waals surface area (Å²) in [5, 5.41) is 15.4. The number of aliphatic hydroxyl groups is 2. The maximum absolute atomic E-state index is 8.37. The largest absolute Gasteiger partial charge is 0.412 e. The van der Waals surface area contributed by atoms with Crippen LogP contribution in [0.25, 0.3) is 0 Å². The molecular formula is C59H260O32. The maximum atomic E-state index is 8.37. The number of methoxy groups -OCH3 is 3. The van der Waals surface area contributed by atoms with Crippen molar-refractivity contribution >= 4 is 0 Å². The Labute approximate surface area is 595 Å². The van der Waals surface area contributed by atoms with Gasteiger partial charge in [0, 0.05) is 55.9 Å². The van der Waals surface area contributed by atoms with Gasteiger partial charge in [-0.25, -0.2) is 0 Å². The first-order valence-corrected chi connectivity index (χ1v) is 9.95. The monoisotopic (exact) mass is 1480 g/mol. The van der Waals surface area contributed by atoms with Crippen molar-refractivity contribution in [3.05, 3.63) is 0 Å². The van der Waals surface area contributed by atoms with E-state index < -0.39 is 0 Å². The van der Waals surface area contributed by atoms with Gasteiger partial charge in [0.2, 0.25) is 0 Å². The number of rotatable bonds is 7. The SMILES string of the molecule is C.C.C.C.C.C.C.C.C.C.C.C.C.C.C.C.C.C.C.C.C.C.C.C.C.C.C.C.C.C.C.C.C.C.C.C.C.C.CC.CC.CC[C@@H](C)OC.CC[C@H](C)OCCCO.CO.COC.COC.O.O.O.O.O.O.O.O.O.O.O.O.O.O.O.O.O.O.O.O.O.O.O.O.O.O. The Balaban J connectivity index is -0.000000000683. The molecule has 0 aromatic heterocycles. The molecule has 0 saturated carbocycles. The molecule has 0 radical (unpaired) electrons. The Morgan fingerprint density at radius 1 is 0.231 bits per heavy atom. The number of hydrogen-bond acceptors (Lipinski definition) is 6. The first-order chi connectivity index (χ1) is 12.9. The van der Waals surface area contributed by atoms with E-state index in [4.69, 9.17) is 19.7 Å². The summed E-state index contributed by atoms with van der Waals surface area (Å²) in [6, 6.07) is 0. The molecule has 0 amide bonds. The quantitative estimate of drug-likeness (QED) is 0.242. The van der Waals surface area contributed by atoms with Crippen molar-refractivity contribution in [2.45, 2.75) is 369 Å². The molecule has 0 aliphatic heterocycles. The van der Waals surface area contributed by atoms with E-state index in [0.717, 1.165) is 26.4 Å². The van der Waals surface area contributed by atoms with Gasteiger partial charge in [0.25, 0.3) is 0 Å². The molecule has 0 fully saturated rings. The summed E-state index contributed by atoms with van der Waals surface area (Å²) in [6.45, 7) is 17.2. The summed E-state index contributed by atoms with van der Waals surface area (Å²) in [5.41, 5.74) is 0. The van der Waals surface area contributed by atoms with Crippen LogP contribution >= 0.6 is 0 Å². The van der Waals surface area contributed by atoms with Gasteiger partial charge in [0.05, 0.1) is 12.2 Å². The highest BCUT2D eigenvalue weighted by atomic mass is 16.5. The highest BCUT2D eigenvalue weighted by Gasteiger charge is 1.95. The Hall–Kier alpha value is -1.28. The second-order valence-corrected chi connectivity index (χ2v) is 4.44. The third kappa shape index (κ3) is 7060. The standard InChI is InChI=1S/C7H16O2.C5H12O.2C2H6O.2C2H6.CH4O.38CH4.26H2O/c1-3-7(2)9-6-4-5-8;1-4-5(2)6-3;2*1-3-2;3*1-2;;;;;;;;;;;;;;;;;;;;;;;;;;;;;;;;;;;;;;;;;;;;;;;;;;;;;;;;;;;;;;;;/h7-8H,3-6H2,1-2H3;5H,4H2,1-3H3;2*1-2H3;2*1-2H3;2H,1H3;38*1H4;26*1H2/t7-;5-;;;;;;;;;;;;;;;;;;;;;;;;;;;;;;;;;;;;;;;;;;;;;;;;;;;;;;;;;;;;;;;;;;;;;/m01...................................................................../s1. The first kappa shape index (κ1) is 2020. The normalized spacial score (nSPS) is 2.90. The summed E-state index contributed by atoms with van der Waals surface area (Å²) in [6.07, 6.45) is 3.69. The van der Waals surface area contributed by atoms with Crippen LogP contribution in [0, 0.1) is 0 Å². The number of ether oxygens (including phenoxy) is 4. The van der Waals surface area contributed by atoms with Crippen LogP contribution in [-0.2, 0) is 18.9 Å². The summed E-state index contributed by atoms with van der Waals surface area (Å²) >= 11 is 0. The van der Waals surface area contributed by atoms with E-state index in [-0.39, 0.29) is 431 Å². The van der Waals surface area contributed by atoms with Crippen LogP contribution in [0.1, 0.15) is 357 Å². The molecule has 0 spiro atoms. The minimum Gasteiger partial charge on any atom is -0.412 e. The average Bonchev–Trinajstić information content (AvgIpc) is 2.73. The van der Waals surface area contributed by atoms with Gasteiger partial charge >= 0.3 is 0 Å². The van der Waals surface area contributed by atoms with Crippen molar-refractivity contribution in [3.63, 3.8) is 0 Å². The van der Waals surface area contributed by atoms with Gasteiger partial charge in [0.15, 0.2) is 0 Å². The fraction of sp³-hybridized carbons (Fsp3) is 1.00. The molecule has 0 aromatic carbocycles. The molecule has 0 saturated heterocycles. The van der Waals surface area contributed by atoms with Gasteiger partial charge in [-0.1, -0.05) is 324 Å². The lowest BCUT2D eigenvalue weighted by atomic mass is 10.3. The molecule has 91 heavy (non-hydrogen) atoms. The minimum atomic E-state index is 0. The van der Waals surface area contributed by atoms with Gasteiger partial charge < -0.3 is 172 Å². The molecule has 0 aromatic rings. The van der Waals surface area contributed by atoms with Crippen LogP contribution in [0.2, 0.25) is 0 Å². The van der Waals surface area contributed by atoms with E-state index in [1.165, 1.54) is 0 Å². The lowest BCUT2D eigenvalue weighted by molar-refractivity contribution is 0.0537. The van der Waals surface area contributed by atoms with Gasteiger partial charge in [-0.2, -0.15) is 0 Å². The molecule has 2 atom stereocenters. The molecule has 32 heteroatoms. The molecule has 0 aliphatic rings. The third-order valence-electron chi connectivity index (χ3n) is 2.26. The molecule has 0 rings (SSSR count). The predicted octanol–water partition coefficient (Wildman–Crippen LogP) is 7.53. The average molecular weight is 1480 g/mol. The second kappa shape index (κ2) is 3630. The van der Waals surface area contributed by atoms with Gasteiger partial charge in [-0.3, -0.25) is 0 Å². The zero-order valence-corrected chi connectivity index (χ0v) is 34.2. The minimum absolute atomic E-state index is 0. The summed E-state index contributed by atoms with van der Waals surface area (Å²) in [4.78, 5) is 0. The van der Waals surface area contributed by atoms with E-state index in [2.05, 4.69) is 30.2 Å². The van der Waals surface area contributed by atoms with Crippen LogP contribution in [0.15, 0.2) is 0 Å². The topological polar surface area (TPSA) is 896 Å². The molecule has 0 aliphatic carbocycles. The fourth-order valence-electron chi connectivity index (χ4n) is 0.634. The van der Waals surface area contributed by atoms with Crippen LogP contribution in [0.3, 0.4) is 0 Å². The van der Waals surface area contributed by atoms with E-state index >= 15 is 0 Å². The summed E-state index contributed by atoms with van der Waals surface area (Å²) < 4.78 is 18.7. The predicted molar refractivity (Wildman–Crippen MR) is 471 cm³/mol. The van der Waals surface area contributed by atoms with Crippen molar-refractivity contribution in [2.24, 2.45) is 0 Å². The first-order valence-electron chi connectivity index (χ1n) is 9.95. The highest BCUT2D eigenvalue weighted by molar-refractivity contribution is 4.43. The Kier molecular flexibility index (Phi) is 80300. The highest BCUT2D eigenvalue weighted by Crippen LogP contribution is 1.95. The van der Waals surface area contributed by atoms with E-state index in [1.807, 2.05) is 34.6 Å². The van der Waals surface area contributed by atoms with Crippen LogP contribution in [0.5, 0.6) is 0 Å². The van der Waals surface area contributed by atoms with E-state index in [0.29, 0.717) is 18.8 Å². The molecule has 688 valence electrons. The van der Waals surface area contributed by atoms with Crippen LogP contribution < -0.4 is 0 Å². The zero-order valence-electron chi connectivity index (χ0n) is 34.2. The molecule has 54 N–H and O–H groups in total. The van der Waals surface area contributed by atoms with Crippen molar-refractivity contribution in [2.75, 3.05) is 55.9 Å². The molecule has 0 heterocycles. The number of aliphatic hydroxyl groups excluding tert-OH is 2. The molecular weight excluding hydrogens is 1220 g/mol. The van der Waals surface area contributed by atoms with Gasteiger partial charge in [-0.05, 0) is 33.1 Å².